The molecule has 138 valence electrons. The van der Waals surface area contributed by atoms with E-state index in [1.807, 2.05) is 54.6 Å². The normalized spacial score (nSPS) is 15.6. The molecule has 5 heteroatoms. The van der Waals surface area contributed by atoms with Crippen LogP contribution in [-0.4, -0.2) is 30.4 Å². The van der Waals surface area contributed by atoms with Crippen LogP contribution in [0.4, 0.5) is 0 Å². The summed E-state index contributed by atoms with van der Waals surface area (Å²) in [5.74, 6) is -0.680. The Kier molecular flexibility index (Phi) is 5.91. The highest BCUT2D eigenvalue weighted by Crippen LogP contribution is 2.32. The molecule has 1 amide bonds. The van der Waals surface area contributed by atoms with Crippen LogP contribution in [-0.2, 0) is 20.7 Å². The first-order chi connectivity index (χ1) is 13.0. The van der Waals surface area contributed by atoms with Gasteiger partial charge in [0.05, 0.1) is 18.3 Å². The van der Waals surface area contributed by atoms with Crippen LogP contribution in [0.15, 0.2) is 75.9 Å². The second-order valence-corrected chi connectivity index (χ2v) is 7.08. The van der Waals surface area contributed by atoms with Crippen molar-refractivity contribution < 1.29 is 14.3 Å². The van der Waals surface area contributed by atoms with Gasteiger partial charge in [0.25, 0.3) is 5.91 Å². The first-order valence-corrected chi connectivity index (χ1v) is 9.43. The zero-order valence-corrected chi connectivity index (χ0v) is 16.8. The van der Waals surface area contributed by atoms with Gasteiger partial charge < -0.3 is 9.64 Å². The Labute approximate surface area is 167 Å². The fraction of sp³-hybridized carbons (Fsp3) is 0.182. The largest absolute Gasteiger partial charge is 0.465 e. The number of methoxy groups -OCH3 is 1. The fourth-order valence-electron chi connectivity index (χ4n) is 3.13. The highest BCUT2D eigenvalue weighted by Gasteiger charge is 2.36. The van der Waals surface area contributed by atoms with Crippen LogP contribution in [0.1, 0.15) is 18.1 Å². The van der Waals surface area contributed by atoms with Crippen molar-refractivity contribution in [1.29, 1.82) is 0 Å². The van der Waals surface area contributed by atoms with Crippen molar-refractivity contribution in [2.75, 3.05) is 13.7 Å². The average molecular weight is 426 g/mol. The zero-order chi connectivity index (χ0) is 19.4. The summed E-state index contributed by atoms with van der Waals surface area (Å²) >= 11 is 3.49. The van der Waals surface area contributed by atoms with Crippen LogP contribution in [0.5, 0.6) is 0 Å². The molecule has 1 aliphatic heterocycles. The molecule has 0 saturated heterocycles. The summed E-state index contributed by atoms with van der Waals surface area (Å²) in [4.78, 5) is 27.1. The summed E-state index contributed by atoms with van der Waals surface area (Å²) in [7, 11) is 1.33. The molecule has 0 spiro atoms. The van der Waals surface area contributed by atoms with Gasteiger partial charge in [-0.2, -0.15) is 0 Å². The van der Waals surface area contributed by atoms with Crippen molar-refractivity contribution >= 4 is 33.9 Å². The molecule has 1 aliphatic rings. The predicted molar refractivity (Wildman–Crippen MR) is 109 cm³/mol. The summed E-state index contributed by atoms with van der Waals surface area (Å²) in [5.41, 5.74) is 3.28. The number of esters is 1. The number of amides is 1. The minimum Gasteiger partial charge on any atom is -0.465 e. The van der Waals surface area contributed by atoms with E-state index in [0.29, 0.717) is 29.8 Å². The number of halogens is 1. The van der Waals surface area contributed by atoms with E-state index in [2.05, 4.69) is 15.9 Å². The monoisotopic (exact) mass is 425 g/mol. The third kappa shape index (κ3) is 4.03. The number of ether oxygens (including phenoxy) is 1. The van der Waals surface area contributed by atoms with E-state index in [-0.39, 0.29) is 5.91 Å². The van der Waals surface area contributed by atoms with Gasteiger partial charge in [0, 0.05) is 16.7 Å². The lowest BCUT2D eigenvalue weighted by molar-refractivity contribution is -0.136. The molecule has 0 saturated carbocycles. The SMILES string of the molecule is COC(=O)C1=C(C)N(CCc2ccccc2)C(=O)/C1=C\c1ccccc1Br. The topological polar surface area (TPSA) is 46.6 Å². The number of benzene rings is 2. The Morgan fingerprint density at radius 2 is 1.78 bits per heavy atom. The smallest absolute Gasteiger partial charge is 0.340 e. The Balaban J connectivity index is 1.95. The first-order valence-electron chi connectivity index (χ1n) is 8.64. The van der Waals surface area contributed by atoms with Gasteiger partial charge in [-0.15, -0.1) is 0 Å². The van der Waals surface area contributed by atoms with Crippen molar-refractivity contribution in [3.8, 4) is 0 Å². The number of nitrogens with zero attached hydrogens (tertiary/aromatic N) is 1. The lowest BCUT2D eigenvalue weighted by atomic mass is 10.0. The van der Waals surface area contributed by atoms with Gasteiger partial charge in [0.2, 0.25) is 0 Å². The van der Waals surface area contributed by atoms with Gasteiger partial charge >= 0.3 is 5.97 Å². The number of hydrogen-bond donors (Lipinski definition) is 0. The van der Waals surface area contributed by atoms with E-state index in [0.717, 1.165) is 15.6 Å². The molecule has 0 aliphatic carbocycles. The standard InChI is InChI=1S/C22H20BrNO3/c1-15-20(22(26)27-2)18(14-17-10-6-7-11-19(17)23)21(25)24(15)13-12-16-8-4-3-5-9-16/h3-11,14H,12-13H2,1-2H3/b18-14-. The Hall–Kier alpha value is -2.66. The maximum atomic E-state index is 13.1. The van der Waals surface area contributed by atoms with E-state index in [1.165, 1.54) is 7.11 Å². The molecule has 0 aromatic heterocycles. The molecular weight excluding hydrogens is 406 g/mol. The highest BCUT2D eigenvalue weighted by atomic mass is 79.9. The molecular formula is C22H20BrNO3. The minimum absolute atomic E-state index is 0.181. The van der Waals surface area contributed by atoms with Crippen molar-refractivity contribution in [2.45, 2.75) is 13.3 Å². The van der Waals surface area contributed by atoms with Crippen LogP contribution in [0.25, 0.3) is 6.08 Å². The molecule has 0 radical (unpaired) electrons. The van der Waals surface area contributed by atoms with Crippen LogP contribution in [0.3, 0.4) is 0 Å². The zero-order valence-electron chi connectivity index (χ0n) is 15.2. The molecule has 27 heavy (non-hydrogen) atoms. The third-order valence-corrected chi connectivity index (χ3v) is 5.30. The molecule has 2 aromatic rings. The van der Waals surface area contributed by atoms with Crippen molar-refractivity contribution in [3.05, 3.63) is 87.0 Å². The summed E-state index contributed by atoms with van der Waals surface area (Å²) in [6.45, 7) is 2.29. The molecule has 0 fully saturated rings. The predicted octanol–water partition coefficient (Wildman–Crippen LogP) is 4.36. The number of rotatable bonds is 5. The summed E-state index contributed by atoms with van der Waals surface area (Å²) in [6, 6.07) is 17.5. The Morgan fingerprint density at radius 1 is 1.11 bits per heavy atom. The van der Waals surface area contributed by atoms with E-state index >= 15 is 0 Å². The number of hydrogen-bond acceptors (Lipinski definition) is 3. The fourth-order valence-corrected chi connectivity index (χ4v) is 3.53. The molecule has 0 atom stereocenters. The van der Waals surface area contributed by atoms with Crippen molar-refractivity contribution in [1.82, 2.24) is 4.90 Å². The van der Waals surface area contributed by atoms with Crippen LogP contribution in [0, 0.1) is 0 Å². The second kappa shape index (κ2) is 8.35. The highest BCUT2D eigenvalue weighted by molar-refractivity contribution is 9.10. The number of allylic oxidation sites excluding steroid dienone is 1. The summed E-state index contributed by atoms with van der Waals surface area (Å²) < 4.78 is 5.79. The van der Waals surface area contributed by atoms with E-state index in [9.17, 15) is 9.59 Å². The first kappa shape index (κ1) is 19.1. The quantitative estimate of drug-likeness (QED) is 0.527. The van der Waals surface area contributed by atoms with Crippen LogP contribution < -0.4 is 0 Å². The van der Waals surface area contributed by atoms with Gasteiger partial charge in [-0.05, 0) is 36.6 Å². The maximum absolute atomic E-state index is 13.1. The van der Waals surface area contributed by atoms with E-state index in [1.54, 1.807) is 17.9 Å². The van der Waals surface area contributed by atoms with Gasteiger partial charge in [-0.25, -0.2) is 4.79 Å². The maximum Gasteiger partial charge on any atom is 0.340 e. The summed E-state index contributed by atoms with van der Waals surface area (Å²) in [6.07, 6.45) is 2.45. The van der Waals surface area contributed by atoms with Crippen molar-refractivity contribution in [2.24, 2.45) is 0 Å². The lowest BCUT2D eigenvalue weighted by Gasteiger charge is -2.17. The summed E-state index contributed by atoms with van der Waals surface area (Å²) in [5, 5.41) is 0. The van der Waals surface area contributed by atoms with Crippen molar-refractivity contribution in [3.63, 3.8) is 0 Å². The third-order valence-electron chi connectivity index (χ3n) is 4.57. The molecule has 2 aromatic carbocycles. The van der Waals surface area contributed by atoms with Crippen LogP contribution >= 0.6 is 15.9 Å². The van der Waals surface area contributed by atoms with E-state index in [4.69, 9.17) is 4.74 Å². The van der Waals surface area contributed by atoms with E-state index < -0.39 is 5.97 Å². The molecule has 0 bridgehead atoms. The van der Waals surface area contributed by atoms with Crippen LogP contribution in [0.2, 0.25) is 0 Å². The van der Waals surface area contributed by atoms with Gasteiger partial charge in [0.1, 0.15) is 0 Å². The van der Waals surface area contributed by atoms with Gasteiger partial charge in [-0.1, -0.05) is 64.5 Å². The van der Waals surface area contributed by atoms with Gasteiger partial charge in [-0.3, -0.25) is 4.79 Å². The molecule has 1 heterocycles. The second-order valence-electron chi connectivity index (χ2n) is 6.22. The Morgan fingerprint density at radius 3 is 2.44 bits per heavy atom. The molecule has 3 rings (SSSR count). The molecule has 0 unspecified atom stereocenters. The minimum atomic E-state index is -0.499. The van der Waals surface area contributed by atoms with Gasteiger partial charge in [0.15, 0.2) is 0 Å². The number of carbonyl (C=O) groups excluding carboxylic acids is 2. The molecule has 0 N–H and O–H groups in total. The number of carbonyl (C=O) groups is 2. The molecule has 4 nitrogen and oxygen atoms in total. The Bertz CT molecular complexity index is 932. The average Bonchev–Trinajstić information content (AvgIpc) is 2.92. The lowest BCUT2D eigenvalue weighted by Crippen LogP contribution is -2.27.